The topological polar surface area (TPSA) is 63.8 Å². The van der Waals surface area contributed by atoms with Crippen LogP contribution < -0.4 is 5.32 Å². The minimum Gasteiger partial charge on any atom is -0.508 e. The molecule has 4 nitrogen and oxygen atoms in total. The number of hydrogen-bond acceptors (Lipinski definition) is 2. The van der Waals surface area contributed by atoms with Crippen LogP contribution in [0.25, 0.3) is 21.8 Å². The van der Waals surface area contributed by atoms with E-state index >= 15 is 0 Å². The first kappa shape index (κ1) is 13.7. The Morgan fingerprint density at radius 2 is 1.96 bits per heavy atom. The molecule has 5 rings (SSSR count). The minimum absolute atomic E-state index is 0.266. The minimum atomic E-state index is 0.266. The Hall–Kier alpha value is -2.72. The molecule has 1 unspecified atom stereocenters. The molecule has 2 aromatic heterocycles. The molecule has 1 atom stereocenters. The van der Waals surface area contributed by atoms with Gasteiger partial charge in [0, 0.05) is 33.7 Å². The second-order valence-electron chi connectivity index (χ2n) is 6.57. The number of phenolic OH excluding ortho intramolecular Hbond substituents is 1. The largest absolute Gasteiger partial charge is 0.508 e. The molecule has 2 aromatic carbocycles. The third-order valence-electron chi connectivity index (χ3n) is 5.14. The van der Waals surface area contributed by atoms with Gasteiger partial charge in [-0.2, -0.15) is 0 Å². The van der Waals surface area contributed by atoms with Gasteiger partial charge in [0.2, 0.25) is 0 Å². The van der Waals surface area contributed by atoms with Crippen LogP contribution in [0.5, 0.6) is 5.75 Å². The van der Waals surface area contributed by atoms with Crippen LogP contribution in [0.15, 0.2) is 48.7 Å². The lowest BCUT2D eigenvalue weighted by Gasteiger charge is -2.24. The van der Waals surface area contributed by atoms with Crippen LogP contribution in [0, 0.1) is 0 Å². The highest BCUT2D eigenvalue weighted by Gasteiger charge is 2.24. The number of fused-ring (bicyclic) bond motifs is 4. The van der Waals surface area contributed by atoms with E-state index in [0.717, 1.165) is 30.3 Å². The van der Waals surface area contributed by atoms with E-state index in [1.54, 1.807) is 6.07 Å². The molecule has 0 saturated heterocycles. The molecule has 0 bridgehead atoms. The molecule has 4 heteroatoms. The summed E-state index contributed by atoms with van der Waals surface area (Å²) in [7, 11) is 0. The zero-order valence-electron chi connectivity index (χ0n) is 13.3. The van der Waals surface area contributed by atoms with E-state index in [9.17, 15) is 5.11 Å². The number of H-pyrrole nitrogens is 2. The van der Waals surface area contributed by atoms with Crippen molar-refractivity contribution in [1.29, 1.82) is 0 Å². The second-order valence-corrected chi connectivity index (χ2v) is 6.57. The SMILES string of the molecule is Oc1ccc2[nH]c3c(c2c1)CCNC3Cc1c[nH]c2ccccc12. The van der Waals surface area contributed by atoms with Gasteiger partial charge in [0.1, 0.15) is 5.75 Å². The average molecular weight is 317 g/mol. The fourth-order valence-electron chi connectivity index (χ4n) is 3.99. The third kappa shape index (κ3) is 2.03. The van der Waals surface area contributed by atoms with E-state index in [0.29, 0.717) is 5.75 Å². The highest BCUT2D eigenvalue weighted by Crippen LogP contribution is 2.34. The number of aromatic hydroxyl groups is 1. The van der Waals surface area contributed by atoms with Crippen LogP contribution in [0.3, 0.4) is 0 Å². The Morgan fingerprint density at radius 1 is 1.04 bits per heavy atom. The fraction of sp³-hybridized carbons (Fsp3) is 0.200. The van der Waals surface area contributed by atoms with Crippen LogP contribution in [0.4, 0.5) is 0 Å². The predicted molar refractivity (Wildman–Crippen MR) is 96.4 cm³/mol. The molecule has 4 N–H and O–H groups in total. The normalized spacial score (nSPS) is 17.4. The van der Waals surface area contributed by atoms with Crippen molar-refractivity contribution < 1.29 is 5.11 Å². The summed E-state index contributed by atoms with van der Waals surface area (Å²) in [6, 6.07) is 14.3. The molecule has 120 valence electrons. The van der Waals surface area contributed by atoms with Crippen molar-refractivity contribution in [2.75, 3.05) is 6.54 Å². The van der Waals surface area contributed by atoms with Crippen molar-refractivity contribution in [2.45, 2.75) is 18.9 Å². The van der Waals surface area contributed by atoms with E-state index in [-0.39, 0.29) is 6.04 Å². The lowest BCUT2D eigenvalue weighted by atomic mass is 9.94. The van der Waals surface area contributed by atoms with E-state index in [1.807, 2.05) is 12.1 Å². The van der Waals surface area contributed by atoms with Gasteiger partial charge in [-0.3, -0.25) is 0 Å². The van der Waals surface area contributed by atoms with E-state index < -0.39 is 0 Å². The van der Waals surface area contributed by atoms with Crippen LogP contribution in [0.1, 0.15) is 22.9 Å². The van der Waals surface area contributed by atoms with Crippen molar-refractivity contribution in [3.05, 3.63) is 65.5 Å². The first-order valence-corrected chi connectivity index (χ1v) is 8.41. The maximum atomic E-state index is 9.81. The van der Waals surface area contributed by atoms with Gasteiger partial charge in [-0.1, -0.05) is 18.2 Å². The number of benzene rings is 2. The van der Waals surface area contributed by atoms with E-state index in [2.05, 4.69) is 45.7 Å². The monoisotopic (exact) mass is 317 g/mol. The number of aromatic amines is 2. The summed E-state index contributed by atoms with van der Waals surface area (Å²) >= 11 is 0. The molecule has 1 aliphatic rings. The van der Waals surface area contributed by atoms with Gasteiger partial charge in [0.25, 0.3) is 0 Å². The number of nitrogens with one attached hydrogen (secondary N) is 3. The number of para-hydroxylation sites is 1. The quantitative estimate of drug-likeness (QED) is 0.454. The van der Waals surface area contributed by atoms with Gasteiger partial charge < -0.3 is 20.4 Å². The predicted octanol–water partition coefficient (Wildman–Crippen LogP) is 3.78. The van der Waals surface area contributed by atoms with Crippen LogP contribution in [0.2, 0.25) is 0 Å². The van der Waals surface area contributed by atoms with Gasteiger partial charge in [0.05, 0.1) is 6.04 Å². The third-order valence-corrected chi connectivity index (χ3v) is 5.14. The molecular weight excluding hydrogens is 298 g/mol. The van der Waals surface area contributed by atoms with Crippen molar-refractivity contribution in [3.8, 4) is 5.75 Å². The molecular formula is C20H19N3O. The molecule has 24 heavy (non-hydrogen) atoms. The number of phenols is 1. The van der Waals surface area contributed by atoms with E-state index in [1.165, 1.54) is 27.7 Å². The second kappa shape index (κ2) is 5.14. The first-order valence-electron chi connectivity index (χ1n) is 8.41. The summed E-state index contributed by atoms with van der Waals surface area (Å²) in [5.74, 6) is 0.330. The molecule has 3 heterocycles. The maximum absolute atomic E-state index is 9.81. The highest BCUT2D eigenvalue weighted by atomic mass is 16.3. The Bertz CT molecular complexity index is 1040. The Balaban J connectivity index is 1.58. The van der Waals surface area contributed by atoms with E-state index in [4.69, 9.17) is 0 Å². The summed E-state index contributed by atoms with van der Waals surface area (Å²) in [6.45, 7) is 0.961. The molecule has 1 aliphatic heterocycles. The van der Waals surface area contributed by atoms with Gasteiger partial charge in [-0.15, -0.1) is 0 Å². The first-order chi connectivity index (χ1) is 11.8. The van der Waals surface area contributed by atoms with Gasteiger partial charge in [0.15, 0.2) is 0 Å². The summed E-state index contributed by atoms with van der Waals surface area (Å²) < 4.78 is 0. The Kier molecular flexibility index (Phi) is 2.94. The summed E-state index contributed by atoms with van der Waals surface area (Å²) in [6.07, 6.45) is 4.05. The zero-order valence-corrected chi connectivity index (χ0v) is 13.3. The van der Waals surface area contributed by atoms with Gasteiger partial charge in [-0.25, -0.2) is 0 Å². The molecule has 0 aliphatic carbocycles. The molecule has 0 fully saturated rings. The number of hydrogen-bond donors (Lipinski definition) is 4. The number of aromatic nitrogens is 2. The van der Waals surface area contributed by atoms with Crippen molar-refractivity contribution >= 4 is 21.8 Å². The molecule has 4 aromatic rings. The lowest BCUT2D eigenvalue weighted by molar-refractivity contribution is 0.476. The lowest BCUT2D eigenvalue weighted by Crippen LogP contribution is -2.31. The van der Waals surface area contributed by atoms with Crippen LogP contribution >= 0.6 is 0 Å². The smallest absolute Gasteiger partial charge is 0.116 e. The molecule has 0 spiro atoms. The van der Waals surface area contributed by atoms with Gasteiger partial charge >= 0.3 is 0 Å². The highest BCUT2D eigenvalue weighted by molar-refractivity contribution is 5.87. The molecule has 0 radical (unpaired) electrons. The van der Waals surface area contributed by atoms with Crippen molar-refractivity contribution in [1.82, 2.24) is 15.3 Å². The maximum Gasteiger partial charge on any atom is 0.116 e. The average Bonchev–Trinajstić information content (AvgIpc) is 3.17. The van der Waals surface area contributed by atoms with Crippen LogP contribution in [-0.4, -0.2) is 21.6 Å². The standard InChI is InChI=1S/C20H19N3O/c24-13-5-6-18-16(10-13)15-7-8-21-19(20(15)23-18)9-12-11-22-17-4-2-1-3-14(12)17/h1-6,10-11,19,21-24H,7-9H2. The van der Waals surface area contributed by atoms with Crippen LogP contribution in [-0.2, 0) is 12.8 Å². The summed E-state index contributed by atoms with van der Waals surface area (Å²) in [5, 5.41) is 15.9. The fourth-order valence-corrected chi connectivity index (χ4v) is 3.99. The van der Waals surface area contributed by atoms with Gasteiger partial charge in [-0.05, 0) is 54.8 Å². The summed E-state index contributed by atoms with van der Waals surface area (Å²) in [5.41, 5.74) is 6.21. The zero-order chi connectivity index (χ0) is 16.1. The Labute approximate surface area is 139 Å². The Morgan fingerprint density at radius 3 is 2.92 bits per heavy atom. The van der Waals surface area contributed by atoms with Crippen molar-refractivity contribution in [2.24, 2.45) is 0 Å². The molecule has 0 amide bonds. The number of rotatable bonds is 2. The van der Waals surface area contributed by atoms with Crippen molar-refractivity contribution in [3.63, 3.8) is 0 Å². The summed E-state index contributed by atoms with van der Waals surface area (Å²) in [4.78, 5) is 6.93. The molecule has 0 saturated carbocycles.